The maximum Gasteiger partial charge on any atom is 0.311 e. The molecule has 0 radical (unpaired) electrons. The lowest BCUT2D eigenvalue weighted by Gasteiger charge is -2.36. The number of H-pyrrole nitrogens is 1. The summed E-state index contributed by atoms with van der Waals surface area (Å²) >= 11 is 3.47. The molecule has 1 saturated heterocycles. The molecule has 1 N–H and O–H groups in total. The van der Waals surface area contributed by atoms with Crippen molar-refractivity contribution in [3.05, 3.63) is 40.3 Å². The number of likely N-dealkylation sites (tertiary alicyclic amines) is 1. The quantitative estimate of drug-likeness (QED) is 0.741. The van der Waals surface area contributed by atoms with Crippen molar-refractivity contribution in [2.24, 2.45) is 0 Å². The largest absolute Gasteiger partial charge is 0.469 e. The molecular weight excluding hydrogens is 394 g/mol. The molecule has 1 aliphatic heterocycles. The number of benzene rings is 1. The lowest BCUT2D eigenvalue weighted by atomic mass is 10.0. The molecule has 140 valence electrons. The van der Waals surface area contributed by atoms with Crippen LogP contribution in [0.2, 0.25) is 0 Å². The zero-order valence-electron chi connectivity index (χ0n) is 15.8. The second-order valence-electron chi connectivity index (χ2n) is 7.73. The Hall–Kier alpha value is -1.66. The average Bonchev–Trinajstić information content (AvgIpc) is 3.22. The van der Waals surface area contributed by atoms with E-state index >= 15 is 0 Å². The molecule has 6 heteroatoms. The van der Waals surface area contributed by atoms with Crippen LogP contribution in [0.25, 0.3) is 11.3 Å². The minimum atomic E-state index is -0.266. The predicted molar refractivity (Wildman–Crippen MR) is 106 cm³/mol. The van der Waals surface area contributed by atoms with Crippen LogP contribution in [0.1, 0.15) is 51.2 Å². The second-order valence-corrected chi connectivity index (χ2v) is 8.65. The molecule has 0 bridgehead atoms. The average molecular weight is 420 g/mol. The van der Waals surface area contributed by atoms with Crippen molar-refractivity contribution in [1.29, 1.82) is 0 Å². The highest BCUT2D eigenvalue weighted by Gasteiger charge is 2.36. The van der Waals surface area contributed by atoms with Crippen molar-refractivity contribution in [2.75, 3.05) is 13.7 Å². The van der Waals surface area contributed by atoms with E-state index in [1.807, 2.05) is 24.3 Å². The highest BCUT2D eigenvalue weighted by atomic mass is 79.9. The van der Waals surface area contributed by atoms with Gasteiger partial charge in [-0.05, 0) is 52.3 Å². The van der Waals surface area contributed by atoms with E-state index in [1.54, 1.807) is 0 Å². The molecular formula is C20H26BrN3O2. The molecule has 1 aromatic heterocycles. The zero-order valence-corrected chi connectivity index (χ0v) is 17.4. The van der Waals surface area contributed by atoms with Gasteiger partial charge in [0, 0.05) is 15.6 Å². The SMILES string of the molecule is COC(=O)Cc1[nH]c([C@@H]2CCCN2C(C)(C)C)nc1-c1ccc(Br)cc1. The van der Waals surface area contributed by atoms with Gasteiger partial charge in [0.25, 0.3) is 0 Å². The molecule has 0 unspecified atom stereocenters. The first kappa shape index (κ1) is 19.1. The fraction of sp³-hybridized carbons (Fsp3) is 0.500. The van der Waals surface area contributed by atoms with Crippen molar-refractivity contribution in [2.45, 2.75) is 51.6 Å². The molecule has 5 nitrogen and oxygen atoms in total. The monoisotopic (exact) mass is 419 g/mol. The Kier molecular flexibility index (Phi) is 5.53. The minimum Gasteiger partial charge on any atom is -0.469 e. The summed E-state index contributed by atoms with van der Waals surface area (Å²) in [5.74, 6) is 0.673. The molecule has 2 aromatic rings. The zero-order chi connectivity index (χ0) is 18.9. The Labute approximate surface area is 163 Å². The van der Waals surface area contributed by atoms with E-state index in [9.17, 15) is 4.79 Å². The van der Waals surface area contributed by atoms with Crippen LogP contribution in [0.5, 0.6) is 0 Å². The van der Waals surface area contributed by atoms with Crippen LogP contribution in [0, 0.1) is 0 Å². The van der Waals surface area contributed by atoms with E-state index < -0.39 is 0 Å². The highest BCUT2D eigenvalue weighted by molar-refractivity contribution is 9.10. The molecule has 1 fully saturated rings. The Morgan fingerprint density at radius 3 is 2.65 bits per heavy atom. The van der Waals surface area contributed by atoms with E-state index in [0.717, 1.165) is 46.6 Å². The number of aromatic nitrogens is 2. The third kappa shape index (κ3) is 4.01. The summed E-state index contributed by atoms with van der Waals surface area (Å²) in [6, 6.07) is 8.25. The Morgan fingerprint density at radius 2 is 2.04 bits per heavy atom. The number of methoxy groups -OCH3 is 1. The van der Waals surface area contributed by atoms with Crippen LogP contribution in [-0.2, 0) is 16.0 Å². The molecule has 0 amide bonds. The van der Waals surface area contributed by atoms with Gasteiger partial charge in [0.05, 0.1) is 31.0 Å². The number of imidazole rings is 1. The van der Waals surface area contributed by atoms with Crippen LogP contribution >= 0.6 is 15.9 Å². The van der Waals surface area contributed by atoms with E-state index in [0.29, 0.717) is 0 Å². The van der Waals surface area contributed by atoms with E-state index in [2.05, 4.69) is 46.6 Å². The maximum absolute atomic E-state index is 11.9. The minimum absolute atomic E-state index is 0.0776. The van der Waals surface area contributed by atoms with Crippen molar-refractivity contribution in [1.82, 2.24) is 14.9 Å². The Morgan fingerprint density at radius 1 is 1.35 bits per heavy atom. The van der Waals surface area contributed by atoms with Crippen molar-refractivity contribution >= 4 is 21.9 Å². The summed E-state index contributed by atoms with van der Waals surface area (Å²) in [6.07, 6.45) is 2.42. The molecule has 3 rings (SSSR count). The van der Waals surface area contributed by atoms with Gasteiger partial charge in [0.15, 0.2) is 0 Å². The van der Waals surface area contributed by atoms with Gasteiger partial charge in [-0.1, -0.05) is 28.1 Å². The highest BCUT2D eigenvalue weighted by Crippen LogP contribution is 2.37. The second kappa shape index (κ2) is 7.53. The summed E-state index contributed by atoms with van der Waals surface area (Å²) in [7, 11) is 1.41. The Bertz CT molecular complexity index is 777. The number of halogens is 1. The first-order valence-electron chi connectivity index (χ1n) is 8.98. The molecule has 2 heterocycles. The normalized spacial score (nSPS) is 18.3. The molecule has 0 saturated carbocycles. The number of ether oxygens (including phenoxy) is 1. The van der Waals surface area contributed by atoms with Crippen LogP contribution in [0.15, 0.2) is 28.7 Å². The summed E-state index contributed by atoms with van der Waals surface area (Å²) in [5, 5.41) is 0. The fourth-order valence-corrected chi connectivity index (χ4v) is 3.90. The predicted octanol–water partition coefficient (Wildman–Crippen LogP) is 4.49. The summed E-state index contributed by atoms with van der Waals surface area (Å²) < 4.78 is 5.88. The van der Waals surface area contributed by atoms with Gasteiger partial charge in [-0.3, -0.25) is 9.69 Å². The topological polar surface area (TPSA) is 58.2 Å². The first-order valence-corrected chi connectivity index (χ1v) is 9.77. The van der Waals surface area contributed by atoms with Crippen LogP contribution in [0.4, 0.5) is 0 Å². The van der Waals surface area contributed by atoms with Crippen molar-refractivity contribution in [3.8, 4) is 11.3 Å². The standard InChI is InChI=1S/C20H26BrN3O2/c1-20(2,3)24-11-5-6-16(24)19-22-15(12-17(25)26-4)18(23-19)13-7-9-14(21)10-8-13/h7-10,16H,5-6,11-12H2,1-4H3,(H,22,23)/t16-/m0/s1. The smallest absolute Gasteiger partial charge is 0.311 e. The van der Waals surface area contributed by atoms with Gasteiger partial charge in [-0.15, -0.1) is 0 Å². The van der Waals surface area contributed by atoms with Gasteiger partial charge >= 0.3 is 5.97 Å². The van der Waals surface area contributed by atoms with Gasteiger partial charge in [-0.25, -0.2) is 4.98 Å². The number of carbonyl (C=O) groups is 1. The number of hydrogen-bond acceptors (Lipinski definition) is 4. The first-order chi connectivity index (χ1) is 12.3. The summed E-state index contributed by atoms with van der Waals surface area (Å²) in [6.45, 7) is 7.77. The van der Waals surface area contributed by atoms with E-state index in [1.165, 1.54) is 7.11 Å². The third-order valence-electron chi connectivity index (χ3n) is 4.89. The summed E-state index contributed by atoms with van der Waals surface area (Å²) in [5.41, 5.74) is 2.72. The molecule has 26 heavy (non-hydrogen) atoms. The number of rotatable bonds is 4. The lowest BCUT2D eigenvalue weighted by Crippen LogP contribution is -2.40. The number of nitrogens with one attached hydrogen (secondary N) is 1. The molecule has 1 aliphatic rings. The number of carbonyl (C=O) groups excluding carboxylic acids is 1. The molecule has 1 atom stereocenters. The van der Waals surface area contributed by atoms with Crippen molar-refractivity contribution < 1.29 is 9.53 Å². The fourth-order valence-electron chi connectivity index (χ4n) is 3.63. The molecule has 1 aromatic carbocycles. The van der Waals surface area contributed by atoms with Gasteiger partial charge in [0.2, 0.25) is 0 Å². The lowest BCUT2D eigenvalue weighted by molar-refractivity contribution is -0.139. The van der Waals surface area contributed by atoms with E-state index in [4.69, 9.17) is 9.72 Å². The number of nitrogens with zero attached hydrogens (tertiary/aromatic N) is 2. The third-order valence-corrected chi connectivity index (χ3v) is 5.42. The molecule has 0 spiro atoms. The number of aromatic amines is 1. The van der Waals surface area contributed by atoms with Crippen molar-refractivity contribution in [3.63, 3.8) is 0 Å². The van der Waals surface area contributed by atoms with Crippen LogP contribution < -0.4 is 0 Å². The summed E-state index contributed by atoms with van der Waals surface area (Å²) in [4.78, 5) is 22.7. The van der Waals surface area contributed by atoms with Gasteiger partial charge in [-0.2, -0.15) is 0 Å². The number of esters is 1. The Balaban J connectivity index is 2.00. The van der Waals surface area contributed by atoms with Crippen LogP contribution in [-0.4, -0.2) is 40.0 Å². The molecule has 0 aliphatic carbocycles. The maximum atomic E-state index is 11.9. The number of hydrogen-bond donors (Lipinski definition) is 1. The van der Waals surface area contributed by atoms with Crippen LogP contribution in [0.3, 0.4) is 0 Å². The van der Waals surface area contributed by atoms with Gasteiger partial charge < -0.3 is 9.72 Å². The van der Waals surface area contributed by atoms with E-state index in [-0.39, 0.29) is 24.0 Å². The van der Waals surface area contributed by atoms with Gasteiger partial charge in [0.1, 0.15) is 5.82 Å².